The summed E-state index contributed by atoms with van der Waals surface area (Å²) in [5.74, 6) is 1.59. The molecule has 2 aromatic carbocycles. The number of rotatable bonds is 4. The highest BCUT2D eigenvalue weighted by Gasteiger charge is 2.41. The molecule has 6 heteroatoms. The zero-order chi connectivity index (χ0) is 19.6. The first-order valence-electron chi connectivity index (χ1n) is 9.74. The van der Waals surface area contributed by atoms with Crippen LogP contribution in [-0.2, 0) is 6.54 Å². The van der Waals surface area contributed by atoms with Crippen molar-refractivity contribution in [1.82, 2.24) is 9.80 Å². The summed E-state index contributed by atoms with van der Waals surface area (Å²) in [4.78, 5) is 15.2. The number of carboxylic acid groups (broad SMARTS) is 1. The third-order valence-electron chi connectivity index (χ3n) is 5.97. The minimum Gasteiger partial charge on any atom is -0.465 e. The van der Waals surface area contributed by atoms with Crippen LogP contribution in [0.4, 0.5) is 4.79 Å². The molecule has 0 saturated carbocycles. The third kappa shape index (κ3) is 4.42. The molecule has 5 nitrogen and oxygen atoms in total. The van der Waals surface area contributed by atoms with Gasteiger partial charge in [-0.25, -0.2) is 4.79 Å². The van der Waals surface area contributed by atoms with Crippen molar-refractivity contribution in [1.29, 1.82) is 0 Å². The van der Waals surface area contributed by atoms with Gasteiger partial charge in [0, 0.05) is 31.2 Å². The molecule has 2 fully saturated rings. The Bertz CT molecular complexity index is 832. The molecule has 1 spiro atoms. The van der Waals surface area contributed by atoms with E-state index in [0.717, 1.165) is 50.4 Å². The van der Waals surface area contributed by atoms with E-state index in [4.69, 9.17) is 21.4 Å². The van der Waals surface area contributed by atoms with Crippen LogP contribution in [0.1, 0.15) is 24.8 Å². The molecular formula is C22H25ClN2O3. The largest absolute Gasteiger partial charge is 0.465 e. The fraction of sp³-hybridized carbons (Fsp3) is 0.409. The number of carbonyl (C=O) groups is 1. The monoisotopic (exact) mass is 400 g/mol. The van der Waals surface area contributed by atoms with Gasteiger partial charge in [0.1, 0.15) is 11.5 Å². The van der Waals surface area contributed by atoms with Crippen molar-refractivity contribution in [2.24, 2.45) is 5.41 Å². The smallest absolute Gasteiger partial charge is 0.407 e. The Balaban J connectivity index is 1.35. The quantitative estimate of drug-likeness (QED) is 0.775. The third-order valence-corrected chi connectivity index (χ3v) is 6.22. The molecule has 2 aliphatic rings. The number of likely N-dealkylation sites (tertiary alicyclic amines) is 2. The topological polar surface area (TPSA) is 53.0 Å². The molecule has 148 valence electrons. The van der Waals surface area contributed by atoms with Crippen LogP contribution in [0.25, 0.3) is 0 Å². The number of hydrogen-bond acceptors (Lipinski definition) is 3. The van der Waals surface area contributed by atoms with E-state index in [2.05, 4.69) is 17.0 Å². The van der Waals surface area contributed by atoms with Crippen LogP contribution in [0.5, 0.6) is 11.5 Å². The molecule has 0 unspecified atom stereocenters. The molecule has 2 heterocycles. The molecular weight excluding hydrogens is 376 g/mol. The lowest BCUT2D eigenvalue weighted by molar-refractivity contribution is 0.0914. The Morgan fingerprint density at radius 2 is 1.75 bits per heavy atom. The number of amides is 1. The molecule has 4 rings (SSSR count). The standard InChI is InChI=1S/C22H25ClN2O3/c23-18-4-6-19(7-5-18)28-20-3-1-2-17(14-20)15-24-11-8-22(16-24)9-12-25(13-10-22)21(26)27/h1-7,14H,8-13,15-16H2,(H,26,27). The lowest BCUT2D eigenvalue weighted by Crippen LogP contribution is -2.43. The Morgan fingerprint density at radius 1 is 1.04 bits per heavy atom. The Morgan fingerprint density at radius 3 is 2.46 bits per heavy atom. The second-order valence-electron chi connectivity index (χ2n) is 7.93. The molecule has 0 aromatic heterocycles. The van der Waals surface area contributed by atoms with Crippen LogP contribution in [0.2, 0.25) is 5.02 Å². The average Bonchev–Trinajstić information content (AvgIpc) is 3.06. The zero-order valence-electron chi connectivity index (χ0n) is 15.8. The van der Waals surface area contributed by atoms with Crippen LogP contribution < -0.4 is 4.74 Å². The Labute approximate surface area is 170 Å². The summed E-state index contributed by atoms with van der Waals surface area (Å²) >= 11 is 5.93. The molecule has 0 aliphatic carbocycles. The summed E-state index contributed by atoms with van der Waals surface area (Å²) in [6.07, 6.45) is 2.30. The van der Waals surface area contributed by atoms with Gasteiger partial charge in [-0.3, -0.25) is 4.90 Å². The molecule has 2 saturated heterocycles. The minimum absolute atomic E-state index is 0.281. The summed E-state index contributed by atoms with van der Waals surface area (Å²) in [5.41, 5.74) is 1.51. The number of hydrogen-bond donors (Lipinski definition) is 1. The molecule has 1 amide bonds. The highest BCUT2D eigenvalue weighted by atomic mass is 35.5. The molecule has 1 N–H and O–H groups in total. The Kier molecular flexibility index (Phi) is 5.47. The highest BCUT2D eigenvalue weighted by molar-refractivity contribution is 6.30. The maximum absolute atomic E-state index is 11.1. The van der Waals surface area contributed by atoms with Gasteiger partial charge in [-0.15, -0.1) is 0 Å². The first-order chi connectivity index (χ1) is 13.5. The molecule has 28 heavy (non-hydrogen) atoms. The SMILES string of the molecule is O=C(O)N1CCC2(CCN(Cc3cccc(Oc4ccc(Cl)cc4)c3)C2)CC1. The van der Waals surface area contributed by atoms with Crippen molar-refractivity contribution in [2.45, 2.75) is 25.8 Å². The van der Waals surface area contributed by atoms with E-state index >= 15 is 0 Å². The van der Waals surface area contributed by atoms with E-state index in [9.17, 15) is 4.79 Å². The zero-order valence-corrected chi connectivity index (χ0v) is 16.6. The van der Waals surface area contributed by atoms with Crippen LogP contribution in [0, 0.1) is 5.41 Å². The summed E-state index contributed by atoms with van der Waals surface area (Å²) in [7, 11) is 0. The molecule has 2 aromatic rings. The maximum atomic E-state index is 11.1. The van der Waals surface area contributed by atoms with Gasteiger partial charge in [0.05, 0.1) is 0 Å². The number of benzene rings is 2. The summed E-state index contributed by atoms with van der Waals surface area (Å²) < 4.78 is 5.94. The van der Waals surface area contributed by atoms with Gasteiger partial charge < -0.3 is 14.7 Å². The van der Waals surface area contributed by atoms with Crippen molar-refractivity contribution in [3.8, 4) is 11.5 Å². The van der Waals surface area contributed by atoms with Gasteiger partial charge in [-0.2, -0.15) is 0 Å². The lowest BCUT2D eigenvalue weighted by Gasteiger charge is -2.38. The Hall–Kier alpha value is -2.24. The van der Waals surface area contributed by atoms with E-state index in [0.29, 0.717) is 18.1 Å². The lowest BCUT2D eigenvalue weighted by atomic mass is 9.78. The number of piperidine rings is 1. The van der Waals surface area contributed by atoms with Crippen molar-refractivity contribution in [2.75, 3.05) is 26.2 Å². The van der Waals surface area contributed by atoms with Crippen LogP contribution in [-0.4, -0.2) is 47.2 Å². The van der Waals surface area contributed by atoms with Gasteiger partial charge in [0.2, 0.25) is 0 Å². The number of ether oxygens (including phenoxy) is 1. The number of nitrogens with zero attached hydrogens (tertiary/aromatic N) is 2. The fourth-order valence-corrected chi connectivity index (χ4v) is 4.47. The highest BCUT2D eigenvalue weighted by Crippen LogP contribution is 2.41. The van der Waals surface area contributed by atoms with Crippen LogP contribution in [0.15, 0.2) is 48.5 Å². The van der Waals surface area contributed by atoms with Crippen molar-refractivity contribution >= 4 is 17.7 Å². The van der Waals surface area contributed by atoms with Gasteiger partial charge in [0.15, 0.2) is 0 Å². The van der Waals surface area contributed by atoms with Crippen LogP contribution in [0.3, 0.4) is 0 Å². The normalized spacial score (nSPS) is 19.1. The van der Waals surface area contributed by atoms with Crippen LogP contribution >= 0.6 is 11.6 Å². The summed E-state index contributed by atoms with van der Waals surface area (Å²) in [6, 6.07) is 15.6. The predicted molar refractivity (Wildman–Crippen MR) is 109 cm³/mol. The van der Waals surface area contributed by atoms with Gasteiger partial charge >= 0.3 is 6.09 Å². The maximum Gasteiger partial charge on any atom is 0.407 e. The van der Waals surface area contributed by atoms with Gasteiger partial charge in [-0.05, 0) is 73.2 Å². The minimum atomic E-state index is -0.790. The van der Waals surface area contributed by atoms with Crippen molar-refractivity contribution in [3.05, 3.63) is 59.1 Å². The fourth-order valence-electron chi connectivity index (χ4n) is 4.35. The molecule has 2 aliphatic heterocycles. The summed E-state index contributed by atoms with van der Waals surface area (Å²) in [5, 5.41) is 9.85. The van der Waals surface area contributed by atoms with E-state index in [1.54, 1.807) is 4.90 Å². The van der Waals surface area contributed by atoms with Gasteiger partial charge in [0.25, 0.3) is 0 Å². The van der Waals surface area contributed by atoms with Crippen molar-refractivity contribution < 1.29 is 14.6 Å². The first-order valence-corrected chi connectivity index (χ1v) is 10.1. The van der Waals surface area contributed by atoms with Crippen molar-refractivity contribution in [3.63, 3.8) is 0 Å². The molecule has 0 bridgehead atoms. The molecule has 0 atom stereocenters. The van der Waals surface area contributed by atoms with Gasteiger partial charge in [-0.1, -0.05) is 23.7 Å². The average molecular weight is 401 g/mol. The van der Waals surface area contributed by atoms with E-state index in [1.807, 2.05) is 36.4 Å². The second kappa shape index (κ2) is 8.02. The summed E-state index contributed by atoms with van der Waals surface area (Å²) in [6.45, 7) is 4.32. The number of halogens is 1. The van der Waals surface area contributed by atoms with E-state index < -0.39 is 6.09 Å². The van der Waals surface area contributed by atoms with E-state index in [1.165, 1.54) is 5.56 Å². The molecule has 0 radical (unpaired) electrons. The second-order valence-corrected chi connectivity index (χ2v) is 8.37. The first kappa shape index (κ1) is 19.1. The predicted octanol–water partition coefficient (Wildman–Crippen LogP) is 5.10. The van der Waals surface area contributed by atoms with E-state index in [-0.39, 0.29) is 5.41 Å².